The van der Waals surface area contributed by atoms with E-state index in [-0.39, 0.29) is 5.75 Å². The van der Waals surface area contributed by atoms with Crippen LogP contribution in [0.5, 0.6) is 5.75 Å². The molecule has 1 N–H and O–H groups in total. The standard InChI is InChI=1S/C13H14N2O3S/c1-18-9-4-5-11-10(6-9)14-13(19-7-12(16)17)15(11)8-2-3-8/h4-6,8H,2-3,7H2,1H3,(H,16,17). The van der Waals surface area contributed by atoms with Crippen molar-refractivity contribution < 1.29 is 14.6 Å². The predicted octanol–water partition coefficient (Wildman–Crippen LogP) is 2.56. The molecule has 0 spiro atoms. The number of nitrogens with zero attached hydrogens (tertiary/aromatic N) is 2. The molecule has 1 aliphatic carbocycles. The van der Waals surface area contributed by atoms with Gasteiger partial charge in [-0.1, -0.05) is 11.8 Å². The normalized spacial score (nSPS) is 14.8. The Morgan fingerprint density at radius 3 is 3.00 bits per heavy atom. The number of carbonyl (C=O) groups is 1. The Hall–Kier alpha value is -1.69. The van der Waals surface area contributed by atoms with Crippen LogP contribution in [0.1, 0.15) is 18.9 Å². The molecular weight excluding hydrogens is 264 g/mol. The average Bonchev–Trinajstić information content (AvgIpc) is 3.16. The van der Waals surface area contributed by atoms with Crippen LogP contribution in [0.4, 0.5) is 0 Å². The molecule has 6 heteroatoms. The van der Waals surface area contributed by atoms with Crippen LogP contribution >= 0.6 is 11.8 Å². The van der Waals surface area contributed by atoms with Crippen molar-refractivity contribution in [2.75, 3.05) is 12.9 Å². The molecule has 0 bridgehead atoms. The van der Waals surface area contributed by atoms with Crippen LogP contribution in [-0.4, -0.2) is 33.5 Å². The van der Waals surface area contributed by atoms with Crippen LogP contribution in [-0.2, 0) is 4.79 Å². The molecule has 2 aromatic rings. The van der Waals surface area contributed by atoms with E-state index in [1.54, 1.807) is 7.11 Å². The first-order valence-electron chi connectivity index (χ1n) is 6.09. The number of thioether (sulfide) groups is 1. The van der Waals surface area contributed by atoms with Crippen molar-refractivity contribution in [2.24, 2.45) is 0 Å². The maximum absolute atomic E-state index is 10.7. The topological polar surface area (TPSA) is 64.3 Å². The lowest BCUT2D eigenvalue weighted by Crippen LogP contribution is -2.01. The van der Waals surface area contributed by atoms with Crippen LogP contribution in [0, 0.1) is 0 Å². The molecule has 0 unspecified atom stereocenters. The van der Waals surface area contributed by atoms with Gasteiger partial charge < -0.3 is 14.4 Å². The summed E-state index contributed by atoms with van der Waals surface area (Å²) in [6.07, 6.45) is 2.27. The molecule has 5 nitrogen and oxygen atoms in total. The number of methoxy groups -OCH3 is 1. The van der Waals surface area contributed by atoms with Crippen molar-refractivity contribution in [1.82, 2.24) is 9.55 Å². The third-order valence-corrected chi connectivity index (χ3v) is 4.04. The third kappa shape index (κ3) is 2.40. The molecule has 19 heavy (non-hydrogen) atoms. The monoisotopic (exact) mass is 278 g/mol. The van der Waals surface area contributed by atoms with E-state index in [0.717, 1.165) is 34.8 Å². The fraction of sp³-hybridized carbons (Fsp3) is 0.385. The van der Waals surface area contributed by atoms with Crippen molar-refractivity contribution >= 4 is 28.8 Å². The zero-order chi connectivity index (χ0) is 13.4. The number of imidazole rings is 1. The maximum Gasteiger partial charge on any atom is 0.313 e. The highest BCUT2D eigenvalue weighted by molar-refractivity contribution is 7.99. The van der Waals surface area contributed by atoms with Gasteiger partial charge in [-0.15, -0.1) is 0 Å². The van der Waals surface area contributed by atoms with Gasteiger partial charge in [0.25, 0.3) is 0 Å². The van der Waals surface area contributed by atoms with E-state index in [1.807, 2.05) is 18.2 Å². The zero-order valence-corrected chi connectivity index (χ0v) is 11.3. The number of carboxylic acid groups (broad SMARTS) is 1. The Labute approximate surface area is 114 Å². The Kier molecular flexibility index (Phi) is 3.10. The van der Waals surface area contributed by atoms with Crippen LogP contribution in [0.15, 0.2) is 23.4 Å². The molecule has 1 saturated carbocycles. The molecular formula is C13H14N2O3S. The minimum absolute atomic E-state index is 0.0349. The molecule has 1 aromatic carbocycles. The highest BCUT2D eigenvalue weighted by Crippen LogP contribution is 2.41. The number of hydrogen-bond donors (Lipinski definition) is 1. The number of benzene rings is 1. The lowest BCUT2D eigenvalue weighted by atomic mass is 10.3. The lowest BCUT2D eigenvalue weighted by Gasteiger charge is -2.06. The molecule has 0 aliphatic heterocycles. The first-order chi connectivity index (χ1) is 9.19. The predicted molar refractivity (Wildman–Crippen MR) is 72.9 cm³/mol. The van der Waals surface area contributed by atoms with E-state index < -0.39 is 5.97 Å². The average molecular weight is 278 g/mol. The molecule has 0 atom stereocenters. The summed E-state index contributed by atoms with van der Waals surface area (Å²) in [7, 11) is 1.62. The summed E-state index contributed by atoms with van der Waals surface area (Å²) in [4.78, 5) is 15.2. The number of fused-ring (bicyclic) bond motifs is 1. The molecule has 1 aromatic heterocycles. The molecule has 0 radical (unpaired) electrons. The Morgan fingerprint density at radius 2 is 2.37 bits per heavy atom. The van der Waals surface area contributed by atoms with Crippen molar-refractivity contribution in [2.45, 2.75) is 24.0 Å². The highest BCUT2D eigenvalue weighted by atomic mass is 32.2. The maximum atomic E-state index is 10.7. The fourth-order valence-corrected chi connectivity index (χ4v) is 2.90. The summed E-state index contributed by atoms with van der Waals surface area (Å²) in [5, 5.41) is 9.58. The van der Waals surface area contributed by atoms with Crippen LogP contribution in [0.25, 0.3) is 11.0 Å². The van der Waals surface area contributed by atoms with Gasteiger partial charge in [-0.05, 0) is 25.0 Å². The molecule has 0 amide bonds. The lowest BCUT2D eigenvalue weighted by molar-refractivity contribution is -0.133. The van der Waals surface area contributed by atoms with Gasteiger partial charge in [0.15, 0.2) is 5.16 Å². The molecule has 1 heterocycles. The molecule has 0 saturated heterocycles. The summed E-state index contributed by atoms with van der Waals surface area (Å²) in [5.74, 6) is -0.0209. The second-order valence-electron chi connectivity index (χ2n) is 4.53. The third-order valence-electron chi connectivity index (χ3n) is 3.10. The largest absolute Gasteiger partial charge is 0.497 e. The van der Waals surface area contributed by atoms with E-state index in [0.29, 0.717) is 6.04 Å². The van der Waals surface area contributed by atoms with E-state index in [4.69, 9.17) is 9.84 Å². The number of aromatic nitrogens is 2. The van der Waals surface area contributed by atoms with Gasteiger partial charge in [0, 0.05) is 12.1 Å². The SMILES string of the molecule is COc1ccc2c(c1)nc(SCC(=O)O)n2C1CC1. The van der Waals surface area contributed by atoms with Gasteiger partial charge in [0.2, 0.25) is 0 Å². The quantitative estimate of drug-likeness (QED) is 0.851. The second-order valence-corrected chi connectivity index (χ2v) is 5.48. The number of ether oxygens (including phenoxy) is 1. The summed E-state index contributed by atoms with van der Waals surface area (Å²) >= 11 is 1.27. The van der Waals surface area contributed by atoms with Crippen molar-refractivity contribution in [3.8, 4) is 5.75 Å². The smallest absolute Gasteiger partial charge is 0.313 e. The highest BCUT2D eigenvalue weighted by Gasteiger charge is 2.28. The van der Waals surface area contributed by atoms with Crippen molar-refractivity contribution in [3.63, 3.8) is 0 Å². The van der Waals surface area contributed by atoms with Crippen LogP contribution in [0.2, 0.25) is 0 Å². The van der Waals surface area contributed by atoms with Gasteiger partial charge in [-0.2, -0.15) is 0 Å². The number of carboxylic acids is 1. The minimum Gasteiger partial charge on any atom is -0.497 e. The molecule has 1 fully saturated rings. The zero-order valence-electron chi connectivity index (χ0n) is 10.5. The minimum atomic E-state index is -0.822. The second kappa shape index (κ2) is 4.77. The number of aliphatic carboxylic acids is 1. The fourth-order valence-electron chi connectivity index (χ4n) is 2.10. The summed E-state index contributed by atoms with van der Waals surface area (Å²) in [5.41, 5.74) is 1.91. The number of rotatable bonds is 5. The first-order valence-corrected chi connectivity index (χ1v) is 7.08. The molecule has 1 aliphatic rings. The summed E-state index contributed by atoms with van der Waals surface area (Å²) < 4.78 is 7.35. The summed E-state index contributed by atoms with van der Waals surface area (Å²) in [6, 6.07) is 6.26. The van der Waals surface area contributed by atoms with E-state index >= 15 is 0 Å². The van der Waals surface area contributed by atoms with Crippen LogP contribution in [0.3, 0.4) is 0 Å². The first kappa shape index (κ1) is 12.3. The van der Waals surface area contributed by atoms with Gasteiger partial charge in [-0.3, -0.25) is 4.79 Å². The van der Waals surface area contributed by atoms with Crippen LogP contribution < -0.4 is 4.74 Å². The number of hydrogen-bond acceptors (Lipinski definition) is 4. The van der Waals surface area contributed by atoms with E-state index in [1.165, 1.54) is 11.8 Å². The Morgan fingerprint density at radius 1 is 1.58 bits per heavy atom. The van der Waals surface area contributed by atoms with E-state index in [2.05, 4.69) is 9.55 Å². The molecule has 100 valence electrons. The van der Waals surface area contributed by atoms with Gasteiger partial charge in [0.1, 0.15) is 5.75 Å². The Balaban J connectivity index is 2.04. The summed E-state index contributed by atoms with van der Waals surface area (Å²) in [6.45, 7) is 0. The van der Waals surface area contributed by atoms with Gasteiger partial charge >= 0.3 is 5.97 Å². The van der Waals surface area contributed by atoms with Gasteiger partial charge in [0.05, 0.1) is 23.9 Å². The van der Waals surface area contributed by atoms with Crippen molar-refractivity contribution in [3.05, 3.63) is 18.2 Å². The van der Waals surface area contributed by atoms with E-state index in [9.17, 15) is 4.79 Å². The van der Waals surface area contributed by atoms with Gasteiger partial charge in [-0.25, -0.2) is 4.98 Å². The Bertz CT molecular complexity index is 634. The molecule has 3 rings (SSSR count). The van der Waals surface area contributed by atoms with Crippen molar-refractivity contribution in [1.29, 1.82) is 0 Å².